The number of nitrogens with two attached hydrogens (primary N) is 1. The van der Waals surface area contributed by atoms with E-state index in [0.29, 0.717) is 17.2 Å². The Bertz CT molecular complexity index is 1960. The zero-order valence-electron chi connectivity index (χ0n) is 21.7. The third-order valence-corrected chi connectivity index (χ3v) is 7.27. The van der Waals surface area contributed by atoms with Crippen LogP contribution in [0.2, 0.25) is 0 Å². The number of para-hydroxylation sites is 1. The summed E-state index contributed by atoms with van der Waals surface area (Å²) in [5.74, 6) is 0.971. The van der Waals surface area contributed by atoms with Crippen LogP contribution in [-0.4, -0.2) is 32.8 Å². The first kappa shape index (κ1) is 23.7. The second kappa shape index (κ2) is 9.39. The van der Waals surface area contributed by atoms with Gasteiger partial charge in [0.1, 0.15) is 23.2 Å². The average Bonchev–Trinajstić information content (AvgIpc) is 3.45. The summed E-state index contributed by atoms with van der Waals surface area (Å²) in [5, 5.41) is 9.11. The fourth-order valence-corrected chi connectivity index (χ4v) is 5.41. The molecule has 5 N–H and O–H groups in total. The number of aliphatic imine (C=N–C) groups is 2. The Morgan fingerprint density at radius 1 is 1.05 bits per heavy atom. The first-order valence-electron chi connectivity index (χ1n) is 13.1. The van der Waals surface area contributed by atoms with Crippen LogP contribution < -0.4 is 21.9 Å². The van der Waals surface area contributed by atoms with E-state index in [-0.39, 0.29) is 17.6 Å². The van der Waals surface area contributed by atoms with Gasteiger partial charge >= 0.3 is 0 Å². The van der Waals surface area contributed by atoms with Crippen molar-refractivity contribution in [2.45, 2.75) is 19.0 Å². The van der Waals surface area contributed by atoms with Crippen LogP contribution in [0.15, 0.2) is 118 Å². The van der Waals surface area contributed by atoms with Gasteiger partial charge in [-0.05, 0) is 54.3 Å². The fourth-order valence-electron chi connectivity index (χ4n) is 5.41. The lowest BCUT2D eigenvalue weighted by molar-refractivity contribution is 0.581. The molecule has 9 nitrogen and oxygen atoms in total. The molecule has 0 spiro atoms. The molecule has 9 heteroatoms. The number of fused-ring (bicyclic) bond motifs is 3. The van der Waals surface area contributed by atoms with Crippen LogP contribution in [-0.2, 0) is 0 Å². The van der Waals surface area contributed by atoms with Gasteiger partial charge in [0, 0.05) is 40.9 Å². The molecule has 2 aromatic carbocycles. The summed E-state index contributed by atoms with van der Waals surface area (Å²) in [7, 11) is 0. The van der Waals surface area contributed by atoms with E-state index in [1.807, 2.05) is 86.1 Å². The number of hydrogen-bond donors (Lipinski definition) is 4. The molecule has 7 rings (SSSR count). The zero-order valence-corrected chi connectivity index (χ0v) is 21.7. The van der Waals surface area contributed by atoms with E-state index in [1.54, 1.807) is 10.8 Å². The van der Waals surface area contributed by atoms with E-state index >= 15 is 0 Å². The van der Waals surface area contributed by atoms with Crippen molar-refractivity contribution in [1.29, 1.82) is 0 Å². The number of benzene rings is 2. The molecule has 0 aliphatic carbocycles. The first-order valence-corrected chi connectivity index (χ1v) is 13.1. The number of guanidine groups is 1. The Morgan fingerprint density at radius 2 is 1.93 bits per heavy atom. The molecule has 3 aromatic heterocycles. The highest BCUT2D eigenvalue weighted by atomic mass is 16.1. The first-order chi connectivity index (χ1) is 19.6. The Morgan fingerprint density at radius 3 is 2.80 bits per heavy atom. The SMILES string of the molecule is C[C@H](NC1=C2N=CC=CC2N=C(N)N1)c1cc2cccc(-c3cnc4[nH]ccc4c3)c2c(=O)n1-c1ccccc1. The maximum absolute atomic E-state index is 14.4. The van der Waals surface area contributed by atoms with E-state index in [9.17, 15) is 4.79 Å². The van der Waals surface area contributed by atoms with Crippen molar-refractivity contribution in [3.8, 4) is 16.8 Å². The molecule has 40 heavy (non-hydrogen) atoms. The summed E-state index contributed by atoms with van der Waals surface area (Å²) < 4.78 is 1.78. The molecule has 0 bridgehead atoms. The van der Waals surface area contributed by atoms with Crippen LogP contribution in [0.3, 0.4) is 0 Å². The molecule has 2 aliphatic rings. The van der Waals surface area contributed by atoms with E-state index in [1.165, 1.54) is 0 Å². The van der Waals surface area contributed by atoms with Gasteiger partial charge in [0.25, 0.3) is 5.56 Å². The zero-order chi connectivity index (χ0) is 27.2. The van der Waals surface area contributed by atoms with Crippen LogP contribution >= 0.6 is 0 Å². The van der Waals surface area contributed by atoms with Gasteiger partial charge in [0.15, 0.2) is 5.96 Å². The summed E-state index contributed by atoms with van der Waals surface area (Å²) in [4.78, 5) is 31.1. The van der Waals surface area contributed by atoms with E-state index < -0.39 is 0 Å². The fraction of sp³-hybridized carbons (Fsp3) is 0.0968. The minimum atomic E-state index is -0.290. The number of allylic oxidation sites excluding steroid dienone is 1. The predicted molar refractivity (Wildman–Crippen MR) is 159 cm³/mol. The summed E-state index contributed by atoms with van der Waals surface area (Å²) in [5.41, 5.74) is 10.8. The highest BCUT2D eigenvalue weighted by Gasteiger charge is 2.25. The van der Waals surface area contributed by atoms with E-state index in [4.69, 9.17) is 5.73 Å². The molecule has 0 saturated carbocycles. The maximum Gasteiger partial charge on any atom is 0.263 e. The summed E-state index contributed by atoms with van der Waals surface area (Å²) in [6, 6.07) is 21.2. The lowest BCUT2D eigenvalue weighted by Gasteiger charge is -2.28. The van der Waals surface area contributed by atoms with Crippen molar-refractivity contribution in [2.75, 3.05) is 0 Å². The molecular formula is C31H26N8O. The monoisotopic (exact) mass is 526 g/mol. The molecule has 196 valence electrons. The lowest BCUT2D eigenvalue weighted by atomic mass is 9.98. The van der Waals surface area contributed by atoms with Crippen molar-refractivity contribution in [2.24, 2.45) is 15.7 Å². The molecule has 1 unspecified atom stereocenters. The average molecular weight is 527 g/mol. The molecule has 0 fully saturated rings. The van der Waals surface area contributed by atoms with Crippen molar-refractivity contribution in [3.05, 3.63) is 119 Å². The van der Waals surface area contributed by atoms with Crippen LogP contribution in [0.4, 0.5) is 0 Å². The van der Waals surface area contributed by atoms with Gasteiger partial charge < -0.3 is 21.4 Å². The van der Waals surface area contributed by atoms with Gasteiger partial charge in [-0.25, -0.2) is 9.98 Å². The largest absolute Gasteiger partial charge is 0.370 e. The Labute approximate surface area is 229 Å². The Hall–Kier alpha value is -5.44. The number of pyridine rings is 2. The molecule has 0 saturated heterocycles. The topological polar surface area (TPSA) is 125 Å². The molecular weight excluding hydrogens is 500 g/mol. The summed E-state index contributed by atoms with van der Waals surface area (Å²) >= 11 is 0. The van der Waals surface area contributed by atoms with Crippen molar-refractivity contribution < 1.29 is 0 Å². The second-order valence-corrected chi connectivity index (χ2v) is 9.83. The minimum absolute atomic E-state index is 0.107. The number of H-pyrrole nitrogens is 1. The molecule has 2 atom stereocenters. The molecule has 2 aliphatic heterocycles. The number of aromatic amines is 1. The van der Waals surface area contributed by atoms with Gasteiger partial charge in [-0.3, -0.25) is 14.4 Å². The number of nitrogens with one attached hydrogen (secondary N) is 3. The van der Waals surface area contributed by atoms with Gasteiger partial charge in [0.05, 0.1) is 11.4 Å². The lowest BCUT2D eigenvalue weighted by Crippen LogP contribution is -2.44. The quantitative estimate of drug-likeness (QED) is 0.272. The highest BCUT2D eigenvalue weighted by molar-refractivity contribution is 5.98. The highest BCUT2D eigenvalue weighted by Crippen LogP contribution is 2.31. The second-order valence-electron chi connectivity index (χ2n) is 9.83. The predicted octanol–water partition coefficient (Wildman–Crippen LogP) is 4.28. The summed E-state index contributed by atoms with van der Waals surface area (Å²) in [6.45, 7) is 2.02. The molecule has 0 amide bonds. The third kappa shape index (κ3) is 3.95. The van der Waals surface area contributed by atoms with E-state index in [2.05, 4.69) is 42.7 Å². The van der Waals surface area contributed by atoms with Crippen molar-refractivity contribution in [1.82, 2.24) is 25.2 Å². The summed E-state index contributed by atoms with van der Waals surface area (Å²) in [6.07, 6.45) is 9.20. The van der Waals surface area contributed by atoms with Gasteiger partial charge in [0.2, 0.25) is 0 Å². The van der Waals surface area contributed by atoms with Crippen LogP contribution in [0.1, 0.15) is 18.7 Å². The maximum atomic E-state index is 14.4. The number of nitrogens with zero attached hydrogens (tertiary/aromatic N) is 4. The number of dihydropyridines is 1. The van der Waals surface area contributed by atoms with Crippen molar-refractivity contribution >= 4 is 34.0 Å². The van der Waals surface area contributed by atoms with Gasteiger partial charge in [-0.15, -0.1) is 0 Å². The minimum Gasteiger partial charge on any atom is -0.370 e. The van der Waals surface area contributed by atoms with Crippen LogP contribution in [0.25, 0.3) is 38.6 Å². The van der Waals surface area contributed by atoms with Gasteiger partial charge in [-0.1, -0.05) is 42.5 Å². The van der Waals surface area contributed by atoms with Crippen molar-refractivity contribution in [3.63, 3.8) is 0 Å². The van der Waals surface area contributed by atoms with Crippen LogP contribution in [0, 0.1) is 0 Å². The van der Waals surface area contributed by atoms with Gasteiger partial charge in [-0.2, -0.15) is 0 Å². The normalized spacial score (nSPS) is 17.0. The smallest absolute Gasteiger partial charge is 0.263 e. The molecule has 5 heterocycles. The standard InChI is InChI=1S/C31H26N8O/c1-18(36-29-27-24(11-6-13-33-27)37-31(32)38-29)25-16-19-7-5-10-23(21-15-20-12-14-34-28(20)35-17-21)26(19)30(40)39(25)22-8-3-2-4-9-22/h2-18,24,36H,1H3,(H,34,35)(H3,32,37,38)/t18-,24?/m0/s1. The Kier molecular flexibility index (Phi) is 5.55. The third-order valence-electron chi connectivity index (χ3n) is 7.27. The molecule has 0 radical (unpaired) electrons. The van der Waals surface area contributed by atoms with E-state index in [0.717, 1.165) is 44.6 Å². The van der Waals surface area contributed by atoms with Crippen LogP contribution in [0.5, 0.6) is 0 Å². The molecule has 5 aromatic rings. The number of hydrogen-bond acceptors (Lipinski definition) is 7. The number of rotatable bonds is 5. The Balaban J connectivity index is 1.40. The number of aromatic nitrogens is 3.